The molecule has 1 atom stereocenters. The van der Waals surface area contributed by atoms with E-state index in [1.807, 2.05) is 0 Å². The Balaban J connectivity index is 2.00. The molecule has 0 saturated carbocycles. The second kappa shape index (κ2) is 3.96. The van der Waals surface area contributed by atoms with E-state index in [0.29, 0.717) is 6.04 Å². The van der Waals surface area contributed by atoms with Gasteiger partial charge in [0.1, 0.15) is 0 Å². The number of nitrogens with two attached hydrogens (primary N) is 1. The Labute approximate surface area is 88.9 Å². The van der Waals surface area contributed by atoms with Gasteiger partial charge >= 0.3 is 0 Å². The van der Waals surface area contributed by atoms with Crippen LogP contribution >= 0.6 is 11.3 Å². The van der Waals surface area contributed by atoms with Gasteiger partial charge in [0.2, 0.25) is 0 Å². The molecule has 3 nitrogen and oxygen atoms in total. The molecule has 4 heteroatoms. The molecule has 14 heavy (non-hydrogen) atoms. The first kappa shape index (κ1) is 10.1. The molecular formula is C10H17N3S. The number of nitrogens with zero attached hydrogens (tertiary/aromatic N) is 2. The highest BCUT2D eigenvalue weighted by atomic mass is 32.1. The Morgan fingerprint density at radius 2 is 2.36 bits per heavy atom. The molecule has 1 saturated heterocycles. The Morgan fingerprint density at radius 3 is 2.79 bits per heavy atom. The first-order valence-electron chi connectivity index (χ1n) is 5.07. The van der Waals surface area contributed by atoms with Crippen molar-refractivity contribution < 1.29 is 0 Å². The van der Waals surface area contributed by atoms with Gasteiger partial charge in [-0.3, -0.25) is 4.90 Å². The molecule has 0 amide bonds. The summed E-state index contributed by atoms with van der Waals surface area (Å²) in [4.78, 5) is 8.31. The molecule has 2 N–H and O–H groups in total. The van der Waals surface area contributed by atoms with Crippen molar-refractivity contribution in [2.75, 3.05) is 13.1 Å². The Bertz CT molecular complexity index is 319. The molecule has 0 bridgehead atoms. The predicted octanol–water partition coefficient (Wildman–Crippen LogP) is 1.29. The van der Waals surface area contributed by atoms with E-state index < -0.39 is 0 Å². The fraction of sp³-hybridized carbons (Fsp3) is 0.700. The van der Waals surface area contributed by atoms with Gasteiger partial charge in [-0.15, -0.1) is 11.3 Å². The molecule has 0 aromatic carbocycles. The summed E-state index contributed by atoms with van der Waals surface area (Å²) < 4.78 is 0. The van der Waals surface area contributed by atoms with E-state index in [-0.39, 0.29) is 0 Å². The van der Waals surface area contributed by atoms with Crippen LogP contribution in [0.5, 0.6) is 0 Å². The van der Waals surface area contributed by atoms with Gasteiger partial charge in [-0.1, -0.05) is 0 Å². The first-order valence-corrected chi connectivity index (χ1v) is 5.89. The number of rotatable bonds is 3. The summed E-state index contributed by atoms with van der Waals surface area (Å²) in [5.74, 6) is 0. The third-order valence-corrected chi connectivity index (χ3v) is 3.82. The Morgan fingerprint density at radius 1 is 1.57 bits per heavy atom. The number of aromatic nitrogens is 1. The lowest BCUT2D eigenvalue weighted by Gasteiger charge is -2.40. The van der Waals surface area contributed by atoms with E-state index in [1.54, 1.807) is 11.3 Å². The van der Waals surface area contributed by atoms with Crippen LogP contribution in [-0.4, -0.2) is 29.0 Å². The average molecular weight is 211 g/mol. The maximum atomic E-state index is 5.66. The zero-order chi connectivity index (χ0) is 10.1. The van der Waals surface area contributed by atoms with E-state index in [0.717, 1.165) is 13.1 Å². The van der Waals surface area contributed by atoms with Crippen LogP contribution in [0.15, 0.2) is 0 Å². The summed E-state index contributed by atoms with van der Waals surface area (Å²) in [6, 6.07) is 0.594. The van der Waals surface area contributed by atoms with Crippen LogP contribution in [0.3, 0.4) is 0 Å². The fourth-order valence-electron chi connectivity index (χ4n) is 1.88. The molecule has 1 aromatic heterocycles. The maximum Gasteiger partial charge on any atom is 0.0900 e. The molecule has 2 heterocycles. The molecule has 0 aliphatic carbocycles. The molecule has 2 rings (SSSR count). The van der Waals surface area contributed by atoms with Crippen LogP contribution < -0.4 is 5.73 Å². The average Bonchev–Trinajstić information content (AvgIpc) is 2.40. The van der Waals surface area contributed by atoms with Crippen LogP contribution in [0.2, 0.25) is 0 Å². The van der Waals surface area contributed by atoms with Crippen molar-refractivity contribution in [2.45, 2.75) is 32.9 Å². The quantitative estimate of drug-likeness (QED) is 0.819. The van der Waals surface area contributed by atoms with Crippen molar-refractivity contribution in [3.63, 3.8) is 0 Å². The zero-order valence-electron chi connectivity index (χ0n) is 8.79. The van der Waals surface area contributed by atoms with Gasteiger partial charge in [0.05, 0.1) is 10.7 Å². The third-order valence-electron chi connectivity index (χ3n) is 2.89. The summed E-state index contributed by atoms with van der Waals surface area (Å²) in [6.07, 6.45) is 1.25. The predicted molar refractivity (Wildman–Crippen MR) is 59.5 cm³/mol. The van der Waals surface area contributed by atoms with Crippen molar-refractivity contribution in [3.8, 4) is 0 Å². The van der Waals surface area contributed by atoms with Crippen molar-refractivity contribution in [1.29, 1.82) is 0 Å². The standard InChI is InChI=1S/C10H17N3S/c1-7-10(12-8(2)14-7)6-13-4-3-9(13)5-11/h9H,3-6,11H2,1-2H3. The molecule has 1 aliphatic rings. The summed E-state index contributed by atoms with van der Waals surface area (Å²) in [7, 11) is 0. The SMILES string of the molecule is Cc1nc(CN2CCC2CN)c(C)s1. The van der Waals surface area contributed by atoms with E-state index in [2.05, 4.69) is 23.7 Å². The van der Waals surface area contributed by atoms with Gasteiger partial charge < -0.3 is 5.73 Å². The Kier molecular flexibility index (Phi) is 2.85. The van der Waals surface area contributed by atoms with Crippen molar-refractivity contribution in [1.82, 2.24) is 9.88 Å². The summed E-state index contributed by atoms with van der Waals surface area (Å²) in [6.45, 7) is 7.16. The highest BCUT2D eigenvalue weighted by molar-refractivity contribution is 7.11. The fourth-order valence-corrected chi connectivity index (χ4v) is 2.71. The van der Waals surface area contributed by atoms with Gasteiger partial charge in [0.25, 0.3) is 0 Å². The maximum absolute atomic E-state index is 5.66. The smallest absolute Gasteiger partial charge is 0.0900 e. The van der Waals surface area contributed by atoms with Gasteiger partial charge in [-0.25, -0.2) is 4.98 Å². The van der Waals surface area contributed by atoms with Gasteiger partial charge in [-0.2, -0.15) is 0 Å². The van der Waals surface area contributed by atoms with Crippen molar-refractivity contribution >= 4 is 11.3 Å². The van der Waals surface area contributed by atoms with Gasteiger partial charge in [0, 0.05) is 30.6 Å². The van der Waals surface area contributed by atoms with Gasteiger partial charge in [-0.05, 0) is 20.3 Å². The van der Waals surface area contributed by atoms with Crippen LogP contribution in [0.25, 0.3) is 0 Å². The number of aryl methyl sites for hydroxylation is 2. The van der Waals surface area contributed by atoms with Crippen LogP contribution in [0.4, 0.5) is 0 Å². The lowest BCUT2D eigenvalue weighted by atomic mass is 10.0. The van der Waals surface area contributed by atoms with Gasteiger partial charge in [0.15, 0.2) is 0 Å². The lowest BCUT2D eigenvalue weighted by Crippen LogP contribution is -2.51. The number of thiazole rings is 1. The second-order valence-corrected chi connectivity index (χ2v) is 5.29. The van der Waals surface area contributed by atoms with E-state index in [4.69, 9.17) is 5.73 Å². The van der Waals surface area contributed by atoms with Crippen LogP contribution in [-0.2, 0) is 6.54 Å². The summed E-state index contributed by atoms with van der Waals surface area (Å²) in [5, 5.41) is 1.17. The topological polar surface area (TPSA) is 42.2 Å². The minimum absolute atomic E-state index is 0.594. The van der Waals surface area contributed by atoms with E-state index in [1.165, 1.54) is 28.5 Å². The number of hydrogen-bond acceptors (Lipinski definition) is 4. The summed E-state index contributed by atoms with van der Waals surface area (Å²) in [5.41, 5.74) is 6.90. The van der Waals surface area contributed by atoms with Crippen molar-refractivity contribution in [3.05, 3.63) is 15.6 Å². The normalized spacial score (nSPS) is 22.4. The van der Waals surface area contributed by atoms with Crippen LogP contribution in [0.1, 0.15) is 22.0 Å². The molecule has 78 valence electrons. The molecule has 0 spiro atoms. The molecule has 1 fully saturated rings. The largest absolute Gasteiger partial charge is 0.329 e. The number of likely N-dealkylation sites (tertiary alicyclic amines) is 1. The lowest BCUT2D eigenvalue weighted by molar-refractivity contribution is 0.0867. The molecule has 1 aliphatic heterocycles. The molecular weight excluding hydrogens is 194 g/mol. The minimum Gasteiger partial charge on any atom is -0.329 e. The highest BCUT2D eigenvalue weighted by Gasteiger charge is 2.27. The molecule has 0 radical (unpaired) electrons. The van der Waals surface area contributed by atoms with E-state index in [9.17, 15) is 0 Å². The second-order valence-electron chi connectivity index (χ2n) is 3.88. The van der Waals surface area contributed by atoms with Crippen LogP contribution in [0, 0.1) is 13.8 Å². The van der Waals surface area contributed by atoms with Crippen molar-refractivity contribution in [2.24, 2.45) is 5.73 Å². The highest BCUT2D eigenvalue weighted by Crippen LogP contribution is 2.23. The zero-order valence-corrected chi connectivity index (χ0v) is 9.60. The molecule has 1 unspecified atom stereocenters. The minimum atomic E-state index is 0.594. The molecule has 1 aromatic rings. The first-order chi connectivity index (χ1) is 6.70. The third kappa shape index (κ3) is 1.82. The van der Waals surface area contributed by atoms with E-state index >= 15 is 0 Å². The Hall–Kier alpha value is -0.450. The summed E-state index contributed by atoms with van der Waals surface area (Å²) >= 11 is 1.79. The number of hydrogen-bond donors (Lipinski definition) is 1. The monoisotopic (exact) mass is 211 g/mol.